The van der Waals surface area contributed by atoms with Crippen LogP contribution in [0, 0.1) is 0 Å². The quantitative estimate of drug-likeness (QED) is 0.557. The van der Waals surface area contributed by atoms with Crippen molar-refractivity contribution in [3.05, 3.63) is 0 Å². The van der Waals surface area contributed by atoms with Gasteiger partial charge in [0.05, 0.1) is 31.0 Å². The van der Waals surface area contributed by atoms with E-state index in [1.807, 2.05) is 27.7 Å². The summed E-state index contributed by atoms with van der Waals surface area (Å²) in [6.07, 6.45) is 1.47. The maximum atomic E-state index is 5.73. The average molecular weight is 295 g/mol. The second-order valence-corrected chi connectivity index (χ2v) is 6.22. The summed E-state index contributed by atoms with van der Waals surface area (Å²) in [5.41, 5.74) is -0.0831. The van der Waals surface area contributed by atoms with E-state index in [0.29, 0.717) is 18.0 Å². The largest absolute Gasteiger partial charge is 0.375 e. The Morgan fingerprint density at radius 3 is 2.38 bits per heavy atom. The van der Waals surface area contributed by atoms with Crippen molar-refractivity contribution in [3.63, 3.8) is 0 Å². The van der Waals surface area contributed by atoms with Gasteiger partial charge in [-0.3, -0.25) is 0 Å². The first-order chi connectivity index (χ1) is 7.44. The monoisotopic (exact) mass is 294 g/mol. The summed E-state index contributed by atoms with van der Waals surface area (Å²) in [5, 5.41) is 0. The summed E-state index contributed by atoms with van der Waals surface area (Å²) in [7, 11) is 0. The van der Waals surface area contributed by atoms with Crippen LogP contribution in [-0.2, 0) is 14.2 Å². The summed E-state index contributed by atoms with van der Waals surface area (Å²) in [5.74, 6) is 0. The van der Waals surface area contributed by atoms with Crippen molar-refractivity contribution in [1.82, 2.24) is 0 Å². The van der Waals surface area contributed by atoms with E-state index in [1.165, 1.54) is 0 Å². The third-order valence-corrected chi connectivity index (χ3v) is 3.38. The van der Waals surface area contributed by atoms with Gasteiger partial charge >= 0.3 is 0 Å². The van der Waals surface area contributed by atoms with E-state index in [4.69, 9.17) is 14.2 Å². The Morgan fingerprint density at radius 2 is 1.88 bits per heavy atom. The van der Waals surface area contributed by atoms with Gasteiger partial charge in [0.1, 0.15) is 0 Å². The van der Waals surface area contributed by atoms with Gasteiger partial charge in [0.25, 0.3) is 0 Å². The molecule has 0 bridgehead atoms. The minimum absolute atomic E-state index is 0.0831. The molecule has 0 aromatic heterocycles. The second-order valence-electron chi connectivity index (χ2n) is 5.04. The maximum Gasteiger partial charge on any atom is 0.0962 e. The molecule has 0 amide bonds. The van der Waals surface area contributed by atoms with Gasteiger partial charge < -0.3 is 14.2 Å². The van der Waals surface area contributed by atoms with Crippen LogP contribution in [-0.4, -0.2) is 42.5 Å². The molecule has 3 atom stereocenters. The van der Waals surface area contributed by atoms with Crippen LogP contribution in [0.4, 0.5) is 0 Å². The van der Waals surface area contributed by atoms with Crippen LogP contribution < -0.4 is 0 Å². The molecule has 1 aliphatic carbocycles. The van der Waals surface area contributed by atoms with Crippen molar-refractivity contribution in [2.45, 2.75) is 56.8 Å². The zero-order valence-electron chi connectivity index (χ0n) is 10.7. The van der Waals surface area contributed by atoms with Crippen LogP contribution in [0.2, 0.25) is 0 Å². The Kier molecular flexibility index (Phi) is 5.71. The summed E-state index contributed by atoms with van der Waals surface area (Å²) in [6.45, 7) is 10.2. The minimum atomic E-state index is -0.0831. The molecule has 0 saturated heterocycles. The molecule has 16 heavy (non-hydrogen) atoms. The number of hydrogen-bond acceptors (Lipinski definition) is 3. The van der Waals surface area contributed by atoms with Gasteiger partial charge in [-0.1, -0.05) is 15.9 Å². The van der Waals surface area contributed by atoms with E-state index in [9.17, 15) is 0 Å². The zero-order valence-corrected chi connectivity index (χ0v) is 12.2. The van der Waals surface area contributed by atoms with Crippen molar-refractivity contribution >= 4 is 15.9 Å². The van der Waals surface area contributed by atoms with Crippen molar-refractivity contribution < 1.29 is 14.2 Å². The highest BCUT2D eigenvalue weighted by Crippen LogP contribution is 2.33. The van der Waals surface area contributed by atoms with Gasteiger partial charge in [-0.15, -0.1) is 0 Å². The van der Waals surface area contributed by atoms with Gasteiger partial charge in [0.2, 0.25) is 0 Å². The predicted molar refractivity (Wildman–Crippen MR) is 68.2 cm³/mol. The first-order valence-electron chi connectivity index (χ1n) is 5.95. The van der Waals surface area contributed by atoms with Crippen LogP contribution >= 0.6 is 15.9 Å². The topological polar surface area (TPSA) is 27.7 Å². The molecule has 96 valence electrons. The van der Waals surface area contributed by atoms with Gasteiger partial charge in [0, 0.05) is 11.4 Å². The van der Waals surface area contributed by atoms with Crippen molar-refractivity contribution in [2.75, 3.05) is 19.8 Å². The Morgan fingerprint density at radius 1 is 1.19 bits per heavy atom. The van der Waals surface area contributed by atoms with E-state index in [0.717, 1.165) is 13.0 Å². The summed E-state index contributed by atoms with van der Waals surface area (Å²) >= 11 is 3.57. The number of alkyl halides is 1. The molecule has 4 heteroatoms. The lowest BCUT2D eigenvalue weighted by molar-refractivity contribution is -0.134. The van der Waals surface area contributed by atoms with Crippen LogP contribution in [0.1, 0.15) is 34.1 Å². The first kappa shape index (κ1) is 14.4. The number of rotatable bonds is 6. The Labute approximate surface area is 107 Å². The minimum Gasteiger partial charge on any atom is -0.375 e. The van der Waals surface area contributed by atoms with Crippen molar-refractivity contribution in [3.8, 4) is 0 Å². The molecule has 1 saturated carbocycles. The van der Waals surface area contributed by atoms with Gasteiger partial charge in [-0.2, -0.15) is 0 Å². The first-order valence-corrected chi connectivity index (χ1v) is 6.87. The lowest BCUT2D eigenvalue weighted by Crippen LogP contribution is -2.51. The van der Waals surface area contributed by atoms with Crippen molar-refractivity contribution in [2.24, 2.45) is 0 Å². The molecule has 0 N–H and O–H groups in total. The van der Waals surface area contributed by atoms with Gasteiger partial charge in [0.15, 0.2) is 0 Å². The molecule has 3 unspecified atom stereocenters. The number of ether oxygens (including phenoxy) is 3. The zero-order chi connectivity index (χ0) is 12.2. The molecule has 0 radical (unpaired) electrons. The Bertz CT molecular complexity index is 203. The predicted octanol–water partition coefficient (Wildman–Crippen LogP) is 2.76. The molecular formula is C12H23BrO3. The van der Waals surface area contributed by atoms with Crippen LogP contribution in [0.3, 0.4) is 0 Å². The van der Waals surface area contributed by atoms with Crippen LogP contribution in [0.5, 0.6) is 0 Å². The van der Waals surface area contributed by atoms with Gasteiger partial charge in [-0.05, 0) is 34.1 Å². The van der Waals surface area contributed by atoms with E-state index in [-0.39, 0.29) is 17.8 Å². The smallest absolute Gasteiger partial charge is 0.0962 e. The standard InChI is InChI=1S/C12H23BrO3/c1-5-14-11-9(13)8-10(11)15-6-7-16-12(2,3)4/h9-11H,5-8H2,1-4H3. The summed E-state index contributed by atoms with van der Waals surface area (Å²) in [4.78, 5) is 0.445. The highest BCUT2D eigenvalue weighted by molar-refractivity contribution is 9.09. The Balaban J connectivity index is 2.10. The van der Waals surface area contributed by atoms with Crippen LogP contribution in [0.15, 0.2) is 0 Å². The second kappa shape index (κ2) is 6.34. The molecule has 0 spiro atoms. The SMILES string of the molecule is CCOC1C(Br)CC1OCCOC(C)(C)C. The third-order valence-electron chi connectivity index (χ3n) is 2.49. The third kappa shape index (κ3) is 4.70. The van der Waals surface area contributed by atoms with E-state index in [2.05, 4.69) is 15.9 Å². The van der Waals surface area contributed by atoms with Crippen molar-refractivity contribution in [1.29, 1.82) is 0 Å². The molecule has 1 fully saturated rings. The summed E-state index contributed by atoms with van der Waals surface area (Å²) in [6, 6.07) is 0. The number of hydrogen-bond donors (Lipinski definition) is 0. The Hall–Kier alpha value is 0.360. The fourth-order valence-electron chi connectivity index (χ4n) is 1.64. The van der Waals surface area contributed by atoms with Gasteiger partial charge in [-0.25, -0.2) is 0 Å². The van der Waals surface area contributed by atoms with Crippen LogP contribution in [0.25, 0.3) is 0 Å². The molecule has 3 nitrogen and oxygen atoms in total. The van der Waals surface area contributed by atoms with E-state index >= 15 is 0 Å². The molecular weight excluding hydrogens is 272 g/mol. The highest BCUT2D eigenvalue weighted by Gasteiger charge is 2.40. The summed E-state index contributed by atoms with van der Waals surface area (Å²) < 4.78 is 16.9. The fraction of sp³-hybridized carbons (Fsp3) is 1.00. The normalized spacial score (nSPS) is 30.2. The molecule has 0 aliphatic heterocycles. The lowest BCUT2D eigenvalue weighted by Gasteiger charge is -2.40. The lowest BCUT2D eigenvalue weighted by atomic mass is 9.91. The van der Waals surface area contributed by atoms with E-state index in [1.54, 1.807) is 0 Å². The molecule has 0 aromatic carbocycles. The number of halogens is 1. The highest BCUT2D eigenvalue weighted by atomic mass is 79.9. The molecule has 1 aliphatic rings. The molecule has 1 rings (SSSR count). The maximum absolute atomic E-state index is 5.73. The fourth-order valence-corrected chi connectivity index (χ4v) is 2.50. The molecule has 0 heterocycles. The van der Waals surface area contributed by atoms with E-state index < -0.39 is 0 Å². The molecule has 0 aromatic rings. The average Bonchev–Trinajstić information content (AvgIpc) is 2.17.